The first kappa shape index (κ1) is 18.5. The summed E-state index contributed by atoms with van der Waals surface area (Å²) in [5, 5.41) is 5.06. The summed E-state index contributed by atoms with van der Waals surface area (Å²) in [4.78, 5) is 22.0. The van der Waals surface area contributed by atoms with Crippen molar-refractivity contribution < 1.29 is 9.15 Å². The normalized spacial score (nSPS) is 20.0. The van der Waals surface area contributed by atoms with E-state index < -0.39 is 0 Å². The molecule has 0 radical (unpaired) electrons. The molecule has 5 heterocycles. The van der Waals surface area contributed by atoms with Crippen molar-refractivity contribution in [3.8, 4) is 11.3 Å². The lowest BCUT2D eigenvalue weighted by Crippen LogP contribution is -2.34. The molecule has 0 saturated carbocycles. The second kappa shape index (κ2) is 7.07. The lowest BCUT2D eigenvalue weighted by atomic mass is 10.0. The lowest BCUT2D eigenvalue weighted by molar-refractivity contribution is -0.00709. The predicted octanol–water partition coefficient (Wildman–Crippen LogP) is 3.83. The van der Waals surface area contributed by atoms with Crippen molar-refractivity contribution in [3.05, 3.63) is 39.7 Å². The van der Waals surface area contributed by atoms with Gasteiger partial charge in [-0.3, -0.25) is 9.25 Å². The van der Waals surface area contributed by atoms with Crippen LogP contribution in [0.5, 0.6) is 0 Å². The summed E-state index contributed by atoms with van der Waals surface area (Å²) in [5.41, 5.74) is 2.91. The van der Waals surface area contributed by atoms with Gasteiger partial charge in [0.15, 0.2) is 11.2 Å². The molecular weight excluding hydrogens is 438 g/mol. The molecule has 150 valence electrons. The van der Waals surface area contributed by atoms with Gasteiger partial charge in [0, 0.05) is 36.8 Å². The van der Waals surface area contributed by atoms with Gasteiger partial charge in [0.05, 0.1) is 18.5 Å². The third-order valence-electron chi connectivity index (χ3n) is 5.52. The summed E-state index contributed by atoms with van der Waals surface area (Å²) in [6.07, 6.45) is 7.77. The molecule has 1 fully saturated rings. The minimum absolute atomic E-state index is 0.00638. The molecule has 1 unspecified atom stereocenters. The topological polar surface area (TPSA) is 88.0 Å². The van der Waals surface area contributed by atoms with Crippen molar-refractivity contribution in [2.75, 3.05) is 6.61 Å². The Morgan fingerprint density at radius 1 is 1.34 bits per heavy atom. The number of aryl methyl sites for hydroxylation is 1. The van der Waals surface area contributed by atoms with Crippen LogP contribution in [0.1, 0.15) is 32.2 Å². The molecule has 4 aromatic heterocycles. The number of ether oxygens (including phenoxy) is 1. The standard InChI is InChI=1S/C20H20BrN5O3/c1-3-13-6-12(4-5-28-13)26-18-14-7-16(21)22-9-15(14)29-19(18)17(24-20(26)27)11-8-23-25(2)10-11/h7-10,12-13H,3-6H2,1-2H3/t12?,13-/m0/s1. The van der Waals surface area contributed by atoms with Crippen LogP contribution in [0.25, 0.3) is 33.3 Å². The molecule has 2 atom stereocenters. The van der Waals surface area contributed by atoms with Crippen LogP contribution in [0.2, 0.25) is 0 Å². The van der Waals surface area contributed by atoms with Crippen LogP contribution in [-0.4, -0.2) is 37.0 Å². The molecule has 9 heteroatoms. The first-order valence-electron chi connectivity index (χ1n) is 9.66. The molecule has 8 nitrogen and oxygen atoms in total. The first-order chi connectivity index (χ1) is 14.0. The van der Waals surface area contributed by atoms with Crippen molar-refractivity contribution in [2.45, 2.75) is 38.3 Å². The van der Waals surface area contributed by atoms with Gasteiger partial charge >= 0.3 is 5.69 Å². The molecule has 0 aromatic carbocycles. The fourth-order valence-electron chi connectivity index (χ4n) is 4.12. The minimum atomic E-state index is -0.284. The Morgan fingerprint density at radius 3 is 2.97 bits per heavy atom. The highest BCUT2D eigenvalue weighted by atomic mass is 79.9. The van der Waals surface area contributed by atoms with Crippen LogP contribution >= 0.6 is 15.9 Å². The quantitative estimate of drug-likeness (QED) is 0.434. The van der Waals surface area contributed by atoms with Gasteiger partial charge in [-0.25, -0.2) is 9.78 Å². The molecule has 0 amide bonds. The summed E-state index contributed by atoms with van der Waals surface area (Å²) in [6.45, 7) is 2.73. The second-order valence-corrected chi connectivity index (χ2v) is 8.19. The van der Waals surface area contributed by atoms with Crippen molar-refractivity contribution in [3.63, 3.8) is 0 Å². The fraction of sp³-hybridized carbons (Fsp3) is 0.400. The van der Waals surface area contributed by atoms with E-state index in [4.69, 9.17) is 9.15 Å². The molecule has 4 aromatic rings. The molecule has 0 aliphatic carbocycles. The summed E-state index contributed by atoms with van der Waals surface area (Å²) >= 11 is 3.44. The van der Waals surface area contributed by atoms with Gasteiger partial charge in [0.25, 0.3) is 0 Å². The highest BCUT2D eigenvalue weighted by Gasteiger charge is 2.28. The maximum atomic E-state index is 13.3. The number of hydrogen-bond acceptors (Lipinski definition) is 6. The van der Waals surface area contributed by atoms with Gasteiger partial charge in [-0.2, -0.15) is 10.1 Å². The number of furan rings is 1. The van der Waals surface area contributed by atoms with Crippen LogP contribution in [0.3, 0.4) is 0 Å². The maximum absolute atomic E-state index is 13.3. The molecule has 5 rings (SSSR count). The van der Waals surface area contributed by atoms with Crippen LogP contribution in [0, 0.1) is 0 Å². The molecule has 29 heavy (non-hydrogen) atoms. The number of hydrogen-bond donors (Lipinski definition) is 0. The van der Waals surface area contributed by atoms with E-state index in [0.717, 1.165) is 35.7 Å². The lowest BCUT2D eigenvalue weighted by Gasteiger charge is -2.30. The summed E-state index contributed by atoms with van der Waals surface area (Å²) in [7, 11) is 1.83. The Hall–Kier alpha value is -2.52. The number of nitrogens with zero attached hydrogens (tertiary/aromatic N) is 5. The van der Waals surface area contributed by atoms with Crippen molar-refractivity contribution >= 4 is 38.0 Å². The number of fused-ring (bicyclic) bond motifs is 3. The predicted molar refractivity (Wildman–Crippen MR) is 112 cm³/mol. The Bertz CT molecular complexity index is 1270. The molecule has 1 aliphatic rings. The molecule has 0 bridgehead atoms. The van der Waals surface area contributed by atoms with E-state index in [1.54, 1.807) is 21.6 Å². The van der Waals surface area contributed by atoms with Crippen LogP contribution in [-0.2, 0) is 11.8 Å². The van der Waals surface area contributed by atoms with Gasteiger partial charge in [-0.15, -0.1) is 0 Å². The minimum Gasteiger partial charge on any atom is -0.450 e. The van der Waals surface area contributed by atoms with E-state index in [0.29, 0.717) is 28.1 Å². The molecule has 1 saturated heterocycles. The Balaban J connectivity index is 1.83. The SMILES string of the molecule is CC[C@H]1CC(n2c(=O)nc(-c3cnn(C)c3)c3oc4cnc(Br)cc4c32)CCO1. The fourth-order valence-corrected chi connectivity index (χ4v) is 4.45. The van der Waals surface area contributed by atoms with Gasteiger partial charge in [0.1, 0.15) is 15.8 Å². The Labute approximate surface area is 174 Å². The van der Waals surface area contributed by atoms with E-state index in [9.17, 15) is 4.79 Å². The highest BCUT2D eigenvalue weighted by Crippen LogP contribution is 2.37. The summed E-state index contributed by atoms with van der Waals surface area (Å²) in [5.74, 6) is 0. The summed E-state index contributed by atoms with van der Waals surface area (Å²) < 4.78 is 16.2. The van der Waals surface area contributed by atoms with Gasteiger partial charge < -0.3 is 9.15 Å². The molecule has 0 N–H and O–H groups in total. The van der Waals surface area contributed by atoms with E-state index in [1.807, 2.05) is 19.3 Å². The summed E-state index contributed by atoms with van der Waals surface area (Å²) in [6, 6.07) is 1.90. The number of rotatable bonds is 3. The zero-order chi connectivity index (χ0) is 20.1. The average molecular weight is 458 g/mol. The van der Waals surface area contributed by atoms with Gasteiger partial charge in [-0.1, -0.05) is 6.92 Å². The molecule has 1 aliphatic heterocycles. The first-order valence-corrected chi connectivity index (χ1v) is 10.5. The third kappa shape index (κ3) is 3.08. The number of halogens is 1. The van der Waals surface area contributed by atoms with Crippen molar-refractivity contribution in [1.29, 1.82) is 0 Å². The van der Waals surface area contributed by atoms with E-state index in [-0.39, 0.29) is 17.8 Å². The van der Waals surface area contributed by atoms with Crippen molar-refractivity contribution in [2.24, 2.45) is 7.05 Å². The van der Waals surface area contributed by atoms with Gasteiger partial charge in [0.2, 0.25) is 0 Å². The van der Waals surface area contributed by atoms with Crippen molar-refractivity contribution in [1.82, 2.24) is 24.3 Å². The maximum Gasteiger partial charge on any atom is 0.349 e. The highest BCUT2D eigenvalue weighted by molar-refractivity contribution is 9.10. The second-order valence-electron chi connectivity index (χ2n) is 7.38. The van der Waals surface area contributed by atoms with Crippen LogP contribution in [0.15, 0.2) is 38.5 Å². The van der Waals surface area contributed by atoms with E-state index in [2.05, 4.69) is 37.9 Å². The number of aromatic nitrogens is 5. The molecule has 0 spiro atoms. The number of pyridine rings is 1. The van der Waals surface area contributed by atoms with Gasteiger partial charge in [-0.05, 0) is 41.3 Å². The largest absolute Gasteiger partial charge is 0.450 e. The zero-order valence-electron chi connectivity index (χ0n) is 16.1. The average Bonchev–Trinajstić information content (AvgIpc) is 3.31. The molecular formula is C20H20BrN5O3. The zero-order valence-corrected chi connectivity index (χ0v) is 17.7. The van der Waals surface area contributed by atoms with E-state index in [1.165, 1.54) is 0 Å². The Morgan fingerprint density at radius 2 is 2.21 bits per heavy atom. The Kier molecular flexibility index (Phi) is 4.51. The smallest absolute Gasteiger partial charge is 0.349 e. The van der Waals surface area contributed by atoms with Crippen LogP contribution < -0.4 is 5.69 Å². The van der Waals surface area contributed by atoms with E-state index >= 15 is 0 Å². The van der Waals surface area contributed by atoms with Crippen LogP contribution in [0.4, 0.5) is 0 Å². The monoisotopic (exact) mass is 457 g/mol. The third-order valence-corrected chi connectivity index (χ3v) is 5.96.